The second-order valence-corrected chi connectivity index (χ2v) is 5.73. The molecule has 2 N–H and O–H groups in total. The molecular weight excluding hydrogens is 332 g/mol. The van der Waals surface area contributed by atoms with Crippen molar-refractivity contribution in [2.24, 2.45) is 5.10 Å². The van der Waals surface area contributed by atoms with Gasteiger partial charge in [-0.15, -0.1) is 0 Å². The van der Waals surface area contributed by atoms with Crippen molar-refractivity contribution < 1.29 is 14.4 Å². The molecule has 0 aliphatic rings. The van der Waals surface area contributed by atoms with Gasteiger partial charge in [-0.05, 0) is 30.7 Å². The number of amides is 2. The molecule has 0 fully saturated rings. The number of nitrogens with zero attached hydrogens (tertiary/aromatic N) is 2. The lowest BCUT2D eigenvalue weighted by Crippen LogP contribution is -2.21. The summed E-state index contributed by atoms with van der Waals surface area (Å²) in [5.41, 5.74) is 4.47. The van der Waals surface area contributed by atoms with Gasteiger partial charge in [-0.3, -0.25) is 19.4 Å². The van der Waals surface area contributed by atoms with Crippen LogP contribution in [0, 0.1) is 0 Å². The largest absolute Gasteiger partial charge is 0.326 e. The molecule has 0 spiro atoms. The minimum Gasteiger partial charge on any atom is -0.326 e. The molecule has 2 amide bonds. The van der Waals surface area contributed by atoms with Crippen LogP contribution in [0.25, 0.3) is 0 Å². The number of Topliss-reactive ketones (excluding diaryl/α,β-unsaturated/α-hetero) is 1. The van der Waals surface area contributed by atoms with E-state index in [1.807, 2.05) is 6.07 Å². The van der Waals surface area contributed by atoms with Crippen LogP contribution in [0.4, 0.5) is 5.69 Å². The molecule has 0 atom stereocenters. The number of hydrogen-bond donors (Lipinski definition) is 2. The van der Waals surface area contributed by atoms with Crippen LogP contribution in [0.3, 0.4) is 0 Å². The molecular formula is C19H20N4O3. The average Bonchev–Trinajstić information content (AvgIpc) is 2.61. The smallest absolute Gasteiger partial charge is 0.289 e. The topological polar surface area (TPSA) is 101 Å². The Bertz CT molecular complexity index is 832. The van der Waals surface area contributed by atoms with Crippen molar-refractivity contribution in [1.82, 2.24) is 10.4 Å². The van der Waals surface area contributed by atoms with E-state index in [0.29, 0.717) is 11.4 Å². The number of pyridine rings is 1. The maximum atomic E-state index is 12.3. The molecule has 7 nitrogen and oxygen atoms in total. The maximum Gasteiger partial charge on any atom is 0.289 e. The van der Waals surface area contributed by atoms with E-state index in [1.165, 1.54) is 13.1 Å². The molecule has 2 rings (SSSR count). The first-order valence-corrected chi connectivity index (χ1v) is 8.07. The Kier molecular flexibility index (Phi) is 6.73. The zero-order valence-corrected chi connectivity index (χ0v) is 14.7. The van der Waals surface area contributed by atoms with Crippen LogP contribution in [0.5, 0.6) is 0 Å². The van der Waals surface area contributed by atoms with E-state index in [1.54, 1.807) is 43.3 Å². The molecule has 0 unspecified atom stereocenters. The minimum absolute atomic E-state index is 0.0730. The fraction of sp³-hybridized carbons (Fsp3) is 0.211. The Hall–Kier alpha value is -3.35. The molecule has 0 saturated carbocycles. The number of anilines is 1. The number of nitrogens with one attached hydrogen (secondary N) is 2. The van der Waals surface area contributed by atoms with E-state index in [4.69, 9.17) is 0 Å². The van der Waals surface area contributed by atoms with Crippen molar-refractivity contribution in [1.29, 1.82) is 0 Å². The highest BCUT2D eigenvalue weighted by Gasteiger charge is 2.11. The van der Waals surface area contributed by atoms with Gasteiger partial charge in [0.05, 0.1) is 0 Å². The summed E-state index contributed by atoms with van der Waals surface area (Å²) in [5, 5.41) is 6.64. The van der Waals surface area contributed by atoms with E-state index in [2.05, 4.69) is 20.8 Å². The Morgan fingerprint density at radius 2 is 1.77 bits per heavy atom. The van der Waals surface area contributed by atoms with Crippen molar-refractivity contribution in [2.75, 3.05) is 5.32 Å². The highest BCUT2D eigenvalue weighted by atomic mass is 16.2. The molecule has 26 heavy (non-hydrogen) atoms. The van der Waals surface area contributed by atoms with Gasteiger partial charge in [-0.1, -0.05) is 24.3 Å². The van der Waals surface area contributed by atoms with E-state index >= 15 is 0 Å². The van der Waals surface area contributed by atoms with Crippen LogP contribution < -0.4 is 10.7 Å². The Morgan fingerprint density at radius 1 is 1.04 bits per heavy atom. The fourth-order valence-corrected chi connectivity index (χ4v) is 2.29. The number of hydrazone groups is 1. The maximum absolute atomic E-state index is 12.3. The SMILES string of the molecule is CC(=O)Nc1ccccc1CC(=O)CC(C)=NNC(=O)c1ccccn1. The monoisotopic (exact) mass is 352 g/mol. The number of ketones is 1. The van der Waals surface area contributed by atoms with E-state index in [9.17, 15) is 14.4 Å². The first kappa shape index (κ1) is 19.0. The fourth-order valence-electron chi connectivity index (χ4n) is 2.29. The normalized spacial score (nSPS) is 10.9. The molecule has 0 radical (unpaired) electrons. The highest BCUT2D eigenvalue weighted by molar-refractivity contribution is 6.03. The number of hydrogen-bond acceptors (Lipinski definition) is 5. The molecule has 0 aliphatic carbocycles. The molecule has 2 aromatic rings. The van der Waals surface area contributed by atoms with E-state index < -0.39 is 5.91 Å². The molecule has 1 aromatic heterocycles. The third kappa shape index (κ3) is 5.94. The van der Waals surface area contributed by atoms with Gasteiger partial charge in [0.25, 0.3) is 5.91 Å². The summed E-state index contributed by atoms with van der Waals surface area (Å²) in [6.45, 7) is 3.08. The number of benzene rings is 1. The van der Waals surface area contributed by atoms with Gasteiger partial charge in [0, 0.05) is 37.4 Å². The molecule has 1 heterocycles. The van der Waals surface area contributed by atoms with Crippen LogP contribution in [-0.4, -0.2) is 28.3 Å². The molecule has 0 saturated heterocycles. The Balaban J connectivity index is 1.93. The minimum atomic E-state index is -0.437. The number of rotatable bonds is 7. The average molecular weight is 352 g/mol. The van der Waals surface area contributed by atoms with Crippen molar-refractivity contribution in [3.8, 4) is 0 Å². The lowest BCUT2D eigenvalue weighted by Gasteiger charge is -2.09. The third-order valence-corrected chi connectivity index (χ3v) is 3.41. The summed E-state index contributed by atoms with van der Waals surface area (Å²) in [6.07, 6.45) is 1.77. The quantitative estimate of drug-likeness (QED) is 0.590. The van der Waals surface area contributed by atoms with Crippen LogP contribution in [-0.2, 0) is 16.0 Å². The summed E-state index contributed by atoms with van der Waals surface area (Å²) in [7, 11) is 0. The first-order valence-electron chi connectivity index (χ1n) is 8.07. The van der Waals surface area contributed by atoms with Crippen molar-refractivity contribution in [3.63, 3.8) is 0 Å². The molecule has 0 bridgehead atoms. The van der Waals surface area contributed by atoms with E-state index in [0.717, 1.165) is 5.56 Å². The summed E-state index contributed by atoms with van der Waals surface area (Å²) in [6, 6.07) is 12.1. The summed E-state index contributed by atoms with van der Waals surface area (Å²) < 4.78 is 0. The van der Waals surface area contributed by atoms with Gasteiger partial charge in [0.1, 0.15) is 11.5 Å². The zero-order valence-electron chi connectivity index (χ0n) is 14.7. The second-order valence-electron chi connectivity index (χ2n) is 5.73. The van der Waals surface area contributed by atoms with Gasteiger partial charge in [-0.2, -0.15) is 5.10 Å². The van der Waals surface area contributed by atoms with Gasteiger partial charge in [0.2, 0.25) is 5.91 Å². The van der Waals surface area contributed by atoms with Crippen LogP contribution in [0.15, 0.2) is 53.8 Å². The standard InChI is InChI=1S/C19H20N4O3/c1-13(22-23-19(26)18-9-5-6-10-20-18)11-16(25)12-15-7-3-4-8-17(15)21-14(2)24/h3-10H,11-12H2,1-2H3,(H,21,24)(H,23,26). The molecule has 134 valence electrons. The second kappa shape index (κ2) is 9.22. The van der Waals surface area contributed by atoms with Crippen LogP contribution in [0.2, 0.25) is 0 Å². The summed E-state index contributed by atoms with van der Waals surface area (Å²) in [5.74, 6) is -0.704. The highest BCUT2D eigenvalue weighted by Crippen LogP contribution is 2.16. The van der Waals surface area contributed by atoms with Gasteiger partial charge < -0.3 is 5.32 Å². The van der Waals surface area contributed by atoms with Gasteiger partial charge in [-0.25, -0.2) is 5.43 Å². The van der Waals surface area contributed by atoms with Crippen molar-refractivity contribution in [3.05, 3.63) is 59.9 Å². The Morgan fingerprint density at radius 3 is 2.46 bits per heavy atom. The van der Waals surface area contributed by atoms with Crippen LogP contribution >= 0.6 is 0 Å². The van der Waals surface area contributed by atoms with Crippen molar-refractivity contribution >= 4 is 29.0 Å². The number of carbonyl (C=O) groups excluding carboxylic acids is 3. The third-order valence-electron chi connectivity index (χ3n) is 3.41. The predicted octanol–water partition coefficient (Wildman–Crippen LogP) is 2.35. The Labute approximate surface area is 151 Å². The lowest BCUT2D eigenvalue weighted by atomic mass is 10.0. The molecule has 7 heteroatoms. The first-order chi connectivity index (χ1) is 12.5. The van der Waals surface area contributed by atoms with E-state index in [-0.39, 0.29) is 30.2 Å². The van der Waals surface area contributed by atoms with Gasteiger partial charge >= 0.3 is 0 Å². The lowest BCUT2D eigenvalue weighted by molar-refractivity contribution is -0.117. The summed E-state index contributed by atoms with van der Waals surface area (Å²) >= 11 is 0. The number of aromatic nitrogens is 1. The van der Waals surface area contributed by atoms with Gasteiger partial charge in [0.15, 0.2) is 0 Å². The number of carbonyl (C=O) groups is 3. The van der Waals surface area contributed by atoms with Crippen LogP contribution in [0.1, 0.15) is 36.3 Å². The molecule has 1 aromatic carbocycles. The predicted molar refractivity (Wildman–Crippen MR) is 98.9 cm³/mol. The number of para-hydroxylation sites is 1. The zero-order chi connectivity index (χ0) is 18.9. The van der Waals surface area contributed by atoms with Crippen molar-refractivity contribution in [2.45, 2.75) is 26.7 Å². The summed E-state index contributed by atoms with van der Waals surface area (Å²) in [4.78, 5) is 39.3. The molecule has 0 aliphatic heterocycles.